The zero-order valence-corrected chi connectivity index (χ0v) is 16.0. The number of benzene rings is 1. The number of nitrogens with zero attached hydrogens (tertiary/aromatic N) is 2. The molecule has 1 N–H and O–H groups in total. The van der Waals surface area contributed by atoms with Gasteiger partial charge in [0, 0.05) is 36.5 Å². The molecule has 1 aliphatic carbocycles. The fraction of sp³-hybridized carbons (Fsp3) is 0.579. The minimum atomic E-state index is -0.0810. The number of carbonyl (C=O) groups excluding carboxylic acids is 2. The van der Waals surface area contributed by atoms with Gasteiger partial charge in [-0.25, -0.2) is 4.79 Å². The monoisotopic (exact) mass is 361 g/mol. The summed E-state index contributed by atoms with van der Waals surface area (Å²) in [5.74, 6) is 0.130. The second kappa shape index (κ2) is 7.68. The first kappa shape index (κ1) is 18.1. The molecule has 1 saturated carbocycles. The third-order valence-electron chi connectivity index (χ3n) is 4.87. The van der Waals surface area contributed by atoms with Crippen molar-refractivity contribution in [3.8, 4) is 0 Å². The SMILES string of the molecule is CSc1ccc(CN(C(=O)NC2CC(=O)N(C(C)C)C2)C2CC2)cc1. The second-order valence-electron chi connectivity index (χ2n) is 7.20. The molecule has 1 heterocycles. The molecule has 0 spiro atoms. The topological polar surface area (TPSA) is 52.7 Å². The van der Waals surface area contributed by atoms with E-state index < -0.39 is 0 Å². The molecule has 2 aliphatic rings. The van der Waals surface area contributed by atoms with Crippen molar-refractivity contribution in [2.75, 3.05) is 12.8 Å². The van der Waals surface area contributed by atoms with Crippen LogP contribution in [0.3, 0.4) is 0 Å². The van der Waals surface area contributed by atoms with Crippen LogP contribution in [0.1, 0.15) is 38.7 Å². The van der Waals surface area contributed by atoms with E-state index >= 15 is 0 Å². The van der Waals surface area contributed by atoms with Gasteiger partial charge in [0.25, 0.3) is 0 Å². The lowest BCUT2D eigenvalue weighted by molar-refractivity contribution is -0.129. The van der Waals surface area contributed by atoms with Gasteiger partial charge < -0.3 is 15.1 Å². The lowest BCUT2D eigenvalue weighted by Crippen LogP contribution is -2.46. The summed E-state index contributed by atoms with van der Waals surface area (Å²) in [6.45, 7) is 5.26. The molecule has 5 nitrogen and oxygen atoms in total. The van der Waals surface area contributed by atoms with Crippen LogP contribution in [0, 0.1) is 0 Å². The smallest absolute Gasteiger partial charge is 0.318 e. The lowest BCUT2D eigenvalue weighted by atomic mass is 10.2. The van der Waals surface area contributed by atoms with Crippen LogP contribution in [-0.2, 0) is 11.3 Å². The van der Waals surface area contributed by atoms with Crippen LogP contribution in [0.2, 0.25) is 0 Å². The van der Waals surface area contributed by atoms with E-state index in [9.17, 15) is 9.59 Å². The molecule has 2 fully saturated rings. The van der Waals surface area contributed by atoms with Crippen molar-refractivity contribution in [3.63, 3.8) is 0 Å². The molecule has 0 bridgehead atoms. The van der Waals surface area contributed by atoms with Crippen molar-refractivity contribution < 1.29 is 9.59 Å². The third kappa shape index (κ3) is 4.48. The quantitative estimate of drug-likeness (QED) is 0.792. The van der Waals surface area contributed by atoms with Crippen molar-refractivity contribution in [3.05, 3.63) is 29.8 Å². The number of likely N-dealkylation sites (tertiary alicyclic amines) is 1. The first-order valence-corrected chi connectivity index (χ1v) is 10.2. The minimum Gasteiger partial charge on any atom is -0.338 e. The van der Waals surface area contributed by atoms with Crippen molar-refractivity contribution in [2.45, 2.75) is 62.7 Å². The van der Waals surface area contributed by atoms with Crippen LogP contribution in [-0.4, -0.2) is 52.7 Å². The highest BCUT2D eigenvalue weighted by atomic mass is 32.2. The highest BCUT2D eigenvalue weighted by Crippen LogP contribution is 2.29. The number of amides is 3. The number of hydrogen-bond acceptors (Lipinski definition) is 3. The predicted octanol–water partition coefficient (Wildman–Crippen LogP) is 3.09. The van der Waals surface area contributed by atoms with Crippen LogP contribution in [0.5, 0.6) is 0 Å². The summed E-state index contributed by atoms with van der Waals surface area (Å²) in [6, 6.07) is 8.77. The first-order valence-electron chi connectivity index (χ1n) is 8.97. The van der Waals surface area contributed by atoms with Gasteiger partial charge >= 0.3 is 6.03 Å². The van der Waals surface area contributed by atoms with E-state index in [0.29, 0.717) is 25.6 Å². The maximum Gasteiger partial charge on any atom is 0.318 e. The summed E-state index contributed by atoms with van der Waals surface area (Å²) in [6.07, 6.45) is 4.60. The molecule has 3 amide bonds. The van der Waals surface area contributed by atoms with Gasteiger partial charge in [-0.15, -0.1) is 11.8 Å². The largest absolute Gasteiger partial charge is 0.338 e. The van der Waals surface area contributed by atoms with Crippen LogP contribution in [0.25, 0.3) is 0 Å². The summed E-state index contributed by atoms with van der Waals surface area (Å²) in [4.78, 5) is 29.8. The molecule has 1 aromatic carbocycles. The van der Waals surface area contributed by atoms with Crippen molar-refractivity contribution in [2.24, 2.45) is 0 Å². The molecule has 3 rings (SSSR count). The van der Waals surface area contributed by atoms with Crippen LogP contribution in [0.4, 0.5) is 4.79 Å². The summed E-state index contributed by atoms with van der Waals surface area (Å²) in [7, 11) is 0. The zero-order chi connectivity index (χ0) is 18.0. The van der Waals surface area contributed by atoms with Crippen molar-refractivity contribution >= 4 is 23.7 Å². The van der Waals surface area contributed by atoms with Crippen LogP contribution < -0.4 is 5.32 Å². The molecular weight excluding hydrogens is 334 g/mol. The van der Waals surface area contributed by atoms with E-state index in [1.807, 2.05) is 23.6 Å². The van der Waals surface area contributed by atoms with Gasteiger partial charge in [0.1, 0.15) is 0 Å². The second-order valence-corrected chi connectivity index (χ2v) is 8.08. The van der Waals surface area contributed by atoms with Gasteiger partial charge in [-0.2, -0.15) is 0 Å². The fourth-order valence-corrected chi connectivity index (χ4v) is 3.67. The lowest BCUT2D eigenvalue weighted by Gasteiger charge is -2.26. The first-order chi connectivity index (χ1) is 12.0. The van der Waals surface area contributed by atoms with E-state index in [-0.39, 0.29) is 24.0 Å². The predicted molar refractivity (Wildman–Crippen MR) is 101 cm³/mol. The van der Waals surface area contributed by atoms with Gasteiger partial charge in [-0.05, 0) is 50.6 Å². The number of carbonyl (C=O) groups is 2. The number of nitrogens with one attached hydrogen (secondary N) is 1. The number of rotatable bonds is 6. The third-order valence-corrected chi connectivity index (χ3v) is 5.61. The maximum absolute atomic E-state index is 12.8. The van der Waals surface area contributed by atoms with Gasteiger partial charge in [-0.3, -0.25) is 4.79 Å². The molecule has 1 aliphatic heterocycles. The minimum absolute atomic E-state index is 0.0418. The molecule has 136 valence electrons. The van der Waals surface area contributed by atoms with E-state index in [4.69, 9.17) is 0 Å². The Hall–Kier alpha value is -1.69. The average molecular weight is 362 g/mol. The van der Waals surface area contributed by atoms with E-state index in [1.54, 1.807) is 11.8 Å². The highest BCUT2D eigenvalue weighted by Gasteiger charge is 2.36. The van der Waals surface area contributed by atoms with E-state index in [2.05, 4.69) is 35.8 Å². The Morgan fingerprint density at radius 2 is 2.00 bits per heavy atom. The summed E-state index contributed by atoms with van der Waals surface area (Å²) in [5, 5.41) is 3.08. The molecule has 1 unspecified atom stereocenters. The Labute approximate surface area is 154 Å². The Balaban J connectivity index is 1.60. The maximum atomic E-state index is 12.8. The van der Waals surface area contributed by atoms with Crippen LogP contribution >= 0.6 is 11.8 Å². The van der Waals surface area contributed by atoms with Gasteiger partial charge in [0.05, 0.1) is 6.04 Å². The molecule has 0 radical (unpaired) electrons. The van der Waals surface area contributed by atoms with Gasteiger partial charge in [0.15, 0.2) is 0 Å². The van der Waals surface area contributed by atoms with Gasteiger partial charge in [-0.1, -0.05) is 12.1 Å². The summed E-state index contributed by atoms with van der Waals surface area (Å²) >= 11 is 1.72. The van der Waals surface area contributed by atoms with Crippen molar-refractivity contribution in [1.82, 2.24) is 15.1 Å². The molecule has 1 saturated heterocycles. The van der Waals surface area contributed by atoms with Crippen LogP contribution in [0.15, 0.2) is 29.2 Å². The Bertz CT molecular complexity index is 628. The number of urea groups is 1. The Morgan fingerprint density at radius 3 is 2.52 bits per heavy atom. The highest BCUT2D eigenvalue weighted by molar-refractivity contribution is 7.98. The average Bonchev–Trinajstić information content (AvgIpc) is 3.36. The fourth-order valence-electron chi connectivity index (χ4n) is 3.27. The molecule has 0 aromatic heterocycles. The van der Waals surface area contributed by atoms with Gasteiger partial charge in [0.2, 0.25) is 5.91 Å². The van der Waals surface area contributed by atoms with E-state index in [0.717, 1.165) is 18.4 Å². The molecular formula is C19H27N3O2S. The number of hydrogen-bond donors (Lipinski definition) is 1. The molecule has 1 atom stereocenters. The standard InChI is InChI=1S/C19H27N3O2S/c1-13(2)21-12-15(10-18(21)23)20-19(24)22(16-6-7-16)11-14-4-8-17(25-3)9-5-14/h4-5,8-9,13,15-16H,6-7,10-12H2,1-3H3,(H,20,24). The van der Waals surface area contributed by atoms with E-state index in [1.165, 1.54) is 4.90 Å². The summed E-state index contributed by atoms with van der Waals surface area (Å²) in [5.41, 5.74) is 1.14. The number of thioether (sulfide) groups is 1. The van der Waals surface area contributed by atoms with Crippen molar-refractivity contribution in [1.29, 1.82) is 0 Å². The molecule has 1 aromatic rings. The Morgan fingerprint density at radius 1 is 1.32 bits per heavy atom. The Kier molecular flexibility index (Phi) is 5.57. The zero-order valence-electron chi connectivity index (χ0n) is 15.2. The molecule has 25 heavy (non-hydrogen) atoms. The normalized spacial score (nSPS) is 20.2. The summed E-state index contributed by atoms with van der Waals surface area (Å²) < 4.78 is 0. The molecule has 6 heteroatoms.